The van der Waals surface area contributed by atoms with Gasteiger partial charge in [0.2, 0.25) is 10.9 Å². The maximum absolute atomic E-state index is 12.3. The smallest absolute Gasteiger partial charge is 0.281 e. The Kier molecular flexibility index (Phi) is 4.21. The first-order chi connectivity index (χ1) is 9.72. The number of primary amides is 1. The normalized spacial score (nSPS) is 11.4. The Balaban J connectivity index is 2.38. The van der Waals surface area contributed by atoms with E-state index in [4.69, 9.17) is 17.3 Å². The highest BCUT2D eigenvalue weighted by atomic mass is 79.9. The molecule has 0 bridgehead atoms. The summed E-state index contributed by atoms with van der Waals surface area (Å²) < 4.78 is 28.0. The van der Waals surface area contributed by atoms with Crippen LogP contribution in [0.3, 0.4) is 0 Å². The molecular weight excluding hydrogens is 386 g/mol. The van der Waals surface area contributed by atoms with Crippen LogP contribution in [-0.2, 0) is 17.1 Å². The Labute approximate surface area is 133 Å². The van der Waals surface area contributed by atoms with E-state index in [0.29, 0.717) is 0 Å². The zero-order valence-electron chi connectivity index (χ0n) is 10.5. The summed E-state index contributed by atoms with van der Waals surface area (Å²) >= 11 is 8.88. The number of carbonyl (C=O) groups excluding carboxylic acids is 1. The number of halogens is 2. The number of amides is 1. The highest BCUT2D eigenvalue weighted by Crippen LogP contribution is 2.25. The zero-order valence-corrected chi connectivity index (χ0v) is 13.7. The maximum atomic E-state index is 12.3. The fraction of sp³-hybridized carbons (Fsp3) is 0.100. The Morgan fingerprint density at radius 3 is 2.62 bits per heavy atom. The minimum atomic E-state index is -3.91. The second kappa shape index (κ2) is 5.62. The lowest BCUT2D eigenvalue weighted by atomic mass is 10.2. The van der Waals surface area contributed by atoms with Crippen LogP contribution < -0.4 is 10.5 Å². The molecule has 0 saturated carbocycles. The minimum Gasteiger partial charge on any atom is -0.366 e. The fourth-order valence-corrected chi connectivity index (χ4v) is 4.01. The van der Waals surface area contributed by atoms with E-state index in [0.717, 1.165) is 4.68 Å². The number of hydrogen-bond donors (Lipinski definition) is 2. The lowest BCUT2D eigenvalue weighted by Gasteiger charge is -2.09. The Morgan fingerprint density at radius 1 is 1.48 bits per heavy atom. The summed E-state index contributed by atoms with van der Waals surface area (Å²) in [6.45, 7) is 0. The summed E-state index contributed by atoms with van der Waals surface area (Å²) in [5.41, 5.74) is 5.40. The van der Waals surface area contributed by atoms with E-state index >= 15 is 0 Å². The van der Waals surface area contributed by atoms with Crippen LogP contribution in [0.4, 0.5) is 5.69 Å². The number of carbonyl (C=O) groups is 1. The number of sulfonamides is 1. The number of hydrogen-bond acceptors (Lipinski definition) is 5. The van der Waals surface area contributed by atoms with Gasteiger partial charge in [-0.3, -0.25) is 9.52 Å². The van der Waals surface area contributed by atoms with Gasteiger partial charge in [0.05, 0.1) is 16.3 Å². The monoisotopic (exact) mass is 393 g/mol. The molecule has 112 valence electrons. The van der Waals surface area contributed by atoms with E-state index in [1.807, 2.05) is 0 Å². The van der Waals surface area contributed by atoms with Crippen LogP contribution in [0.2, 0.25) is 5.02 Å². The topological polar surface area (TPSA) is 120 Å². The molecule has 0 aliphatic rings. The Morgan fingerprint density at radius 2 is 2.14 bits per heavy atom. The molecule has 1 aromatic carbocycles. The molecule has 1 amide bonds. The molecule has 2 aromatic rings. The third-order valence-electron chi connectivity index (χ3n) is 2.48. The van der Waals surface area contributed by atoms with Crippen molar-refractivity contribution in [3.63, 3.8) is 0 Å². The molecule has 0 saturated heterocycles. The van der Waals surface area contributed by atoms with Crippen molar-refractivity contribution in [2.75, 3.05) is 4.72 Å². The highest BCUT2D eigenvalue weighted by molar-refractivity contribution is 9.10. The summed E-state index contributed by atoms with van der Waals surface area (Å²) in [4.78, 5) is 11.1. The molecule has 1 heterocycles. The molecule has 1 aromatic heterocycles. The van der Waals surface area contributed by atoms with Gasteiger partial charge in [0.15, 0.2) is 4.60 Å². The third-order valence-corrected chi connectivity index (χ3v) is 5.06. The summed E-state index contributed by atoms with van der Waals surface area (Å²) in [6, 6.07) is 4.00. The first kappa shape index (κ1) is 15.7. The number of aromatic nitrogens is 3. The molecule has 0 spiro atoms. The fourth-order valence-electron chi connectivity index (χ4n) is 1.59. The van der Waals surface area contributed by atoms with Crippen molar-refractivity contribution in [2.24, 2.45) is 12.8 Å². The van der Waals surface area contributed by atoms with Crippen LogP contribution in [0.25, 0.3) is 0 Å². The van der Waals surface area contributed by atoms with Crippen LogP contribution in [0.15, 0.2) is 27.8 Å². The van der Waals surface area contributed by atoms with E-state index in [-0.39, 0.29) is 25.9 Å². The van der Waals surface area contributed by atoms with E-state index in [2.05, 4.69) is 31.0 Å². The molecule has 3 N–H and O–H groups in total. The number of nitrogens with zero attached hydrogens (tertiary/aromatic N) is 3. The SMILES string of the molecule is Cn1nnc(Br)c1S(=O)(=O)Nc1ccc(C(N)=O)c(Cl)c1. The predicted octanol–water partition coefficient (Wildman–Crippen LogP) is 1.13. The molecule has 21 heavy (non-hydrogen) atoms. The molecule has 0 aliphatic heterocycles. The second-order valence-electron chi connectivity index (χ2n) is 3.97. The van der Waals surface area contributed by atoms with Gasteiger partial charge in [0, 0.05) is 7.05 Å². The van der Waals surface area contributed by atoms with Crippen molar-refractivity contribution in [3.05, 3.63) is 33.4 Å². The van der Waals surface area contributed by atoms with Gasteiger partial charge >= 0.3 is 0 Å². The average Bonchev–Trinajstić information content (AvgIpc) is 2.68. The summed E-state index contributed by atoms with van der Waals surface area (Å²) in [5, 5.41) is 7.10. The Hall–Kier alpha value is -1.65. The van der Waals surface area contributed by atoms with E-state index in [1.165, 1.54) is 25.2 Å². The van der Waals surface area contributed by atoms with Gasteiger partial charge in [-0.25, -0.2) is 4.68 Å². The predicted molar refractivity (Wildman–Crippen MR) is 79.5 cm³/mol. The number of benzene rings is 1. The summed E-state index contributed by atoms with van der Waals surface area (Å²) in [5.74, 6) is -0.701. The molecule has 11 heteroatoms. The minimum absolute atomic E-state index is 0.0462. The van der Waals surface area contributed by atoms with Crippen molar-refractivity contribution in [1.82, 2.24) is 15.0 Å². The molecule has 0 aliphatic carbocycles. The first-order valence-electron chi connectivity index (χ1n) is 5.39. The van der Waals surface area contributed by atoms with E-state index < -0.39 is 15.9 Å². The van der Waals surface area contributed by atoms with Gasteiger partial charge in [0.1, 0.15) is 0 Å². The number of anilines is 1. The number of nitrogens with two attached hydrogens (primary N) is 1. The van der Waals surface area contributed by atoms with Gasteiger partial charge in [-0.15, -0.1) is 5.10 Å². The van der Waals surface area contributed by atoms with Crippen LogP contribution in [0.5, 0.6) is 0 Å². The van der Waals surface area contributed by atoms with Gasteiger partial charge in [-0.05, 0) is 34.1 Å². The lowest BCUT2D eigenvalue weighted by Crippen LogP contribution is -2.17. The van der Waals surface area contributed by atoms with Gasteiger partial charge in [0.25, 0.3) is 10.0 Å². The van der Waals surface area contributed by atoms with Crippen molar-refractivity contribution >= 4 is 49.1 Å². The molecule has 8 nitrogen and oxygen atoms in total. The van der Waals surface area contributed by atoms with Crippen molar-refractivity contribution in [1.29, 1.82) is 0 Å². The quantitative estimate of drug-likeness (QED) is 0.805. The van der Waals surface area contributed by atoms with Gasteiger partial charge in [-0.2, -0.15) is 8.42 Å². The maximum Gasteiger partial charge on any atom is 0.281 e. The largest absolute Gasteiger partial charge is 0.366 e. The lowest BCUT2D eigenvalue weighted by molar-refractivity contribution is 0.100. The van der Waals surface area contributed by atoms with Crippen LogP contribution in [0, 0.1) is 0 Å². The van der Waals surface area contributed by atoms with Gasteiger partial charge in [-0.1, -0.05) is 16.8 Å². The molecule has 0 fully saturated rings. The van der Waals surface area contributed by atoms with Crippen molar-refractivity contribution in [3.8, 4) is 0 Å². The van der Waals surface area contributed by atoms with Crippen LogP contribution >= 0.6 is 27.5 Å². The molecular formula is C10H9BrClN5O3S. The Bertz CT molecular complexity index is 801. The average molecular weight is 395 g/mol. The molecule has 0 atom stereocenters. The number of nitrogens with one attached hydrogen (secondary N) is 1. The van der Waals surface area contributed by atoms with E-state index in [9.17, 15) is 13.2 Å². The summed E-state index contributed by atoms with van der Waals surface area (Å²) in [6.07, 6.45) is 0. The number of rotatable bonds is 4. The van der Waals surface area contributed by atoms with Crippen molar-refractivity contribution < 1.29 is 13.2 Å². The van der Waals surface area contributed by atoms with E-state index in [1.54, 1.807) is 0 Å². The van der Waals surface area contributed by atoms with Crippen molar-refractivity contribution in [2.45, 2.75) is 5.03 Å². The number of aryl methyl sites for hydroxylation is 1. The van der Waals surface area contributed by atoms with Gasteiger partial charge < -0.3 is 5.73 Å². The zero-order chi connectivity index (χ0) is 15.8. The molecule has 0 unspecified atom stereocenters. The first-order valence-corrected chi connectivity index (χ1v) is 8.05. The standard InChI is InChI=1S/C10H9BrClN5O3S/c1-17-10(8(11)14-16-17)21(19,20)15-5-2-3-6(9(13)18)7(12)4-5/h2-4,15H,1H3,(H2,13,18). The summed E-state index contributed by atoms with van der Waals surface area (Å²) in [7, 11) is -2.47. The van der Waals surface area contributed by atoms with Crippen LogP contribution in [-0.4, -0.2) is 29.3 Å². The van der Waals surface area contributed by atoms with Crippen LogP contribution in [0.1, 0.15) is 10.4 Å². The molecule has 0 radical (unpaired) electrons. The third kappa shape index (κ3) is 3.17. The second-order valence-corrected chi connectivity index (χ2v) is 6.73. The highest BCUT2D eigenvalue weighted by Gasteiger charge is 2.24. The molecule has 2 rings (SSSR count).